The number of carbonyl (C=O) groups excluding carboxylic acids is 1. The molecule has 2 N–H and O–H groups in total. The molecule has 0 aliphatic rings. The molecule has 0 bridgehead atoms. The fourth-order valence-corrected chi connectivity index (χ4v) is 2.45. The van der Waals surface area contributed by atoms with Gasteiger partial charge in [0.25, 0.3) is 0 Å². The van der Waals surface area contributed by atoms with E-state index in [1.807, 2.05) is 0 Å². The van der Waals surface area contributed by atoms with Gasteiger partial charge < -0.3 is 14.6 Å². The standard InChI is InChI=1S/C15H14F3N3O4S/c1-2-24-13(23)6-10-8-26-14(20-10)21-19-7-9-5-11(3-4-12(9)22)25-15(16,17)18/h3-5,7-8,22H,2,6H2,1H3,(H,20,21). The summed E-state index contributed by atoms with van der Waals surface area (Å²) in [6.07, 6.45) is -3.70. The molecule has 0 radical (unpaired) electrons. The monoisotopic (exact) mass is 389 g/mol. The van der Waals surface area contributed by atoms with Crippen molar-refractivity contribution in [3.8, 4) is 11.5 Å². The van der Waals surface area contributed by atoms with Gasteiger partial charge in [0.05, 0.1) is 24.9 Å². The van der Waals surface area contributed by atoms with Crippen molar-refractivity contribution in [3.05, 3.63) is 34.8 Å². The lowest BCUT2D eigenvalue weighted by atomic mass is 10.2. The Hall–Kier alpha value is -2.82. The third kappa shape index (κ3) is 6.24. The van der Waals surface area contributed by atoms with Crippen molar-refractivity contribution in [2.24, 2.45) is 5.10 Å². The minimum atomic E-state index is -4.83. The smallest absolute Gasteiger partial charge is 0.507 e. The number of rotatable bonds is 7. The highest BCUT2D eigenvalue weighted by molar-refractivity contribution is 7.13. The number of alkyl halides is 3. The second-order valence-electron chi connectivity index (χ2n) is 4.76. The van der Waals surface area contributed by atoms with Crippen molar-refractivity contribution < 1.29 is 32.5 Å². The van der Waals surface area contributed by atoms with Crippen LogP contribution < -0.4 is 10.2 Å². The number of phenols is 1. The lowest BCUT2D eigenvalue weighted by Crippen LogP contribution is -2.17. The Balaban J connectivity index is 1.99. The molecule has 26 heavy (non-hydrogen) atoms. The first kappa shape index (κ1) is 19.5. The van der Waals surface area contributed by atoms with Crippen LogP contribution in [0.4, 0.5) is 18.3 Å². The van der Waals surface area contributed by atoms with Crippen LogP contribution in [0.5, 0.6) is 11.5 Å². The molecule has 2 rings (SSSR count). The number of anilines is 1. The molecule has 0 spiro atoms. The van der Waals surface area contributed by atoms with Gasteiger partial charge in [-0.3, -0.25) is 10.2 Å². The number of aromatic hydroxyl groups is 1. The Labute approximate surface area is 150 Å². The molecule has 0 amide bonds. The maximum Gasteiger partial charge on any atom is 0.573 e. The molecule has 1 heterocycles. The van der Waals surface area contributed by atoms with Crippen LogP contribution in [0.3, 0.4) is 0 Å². The number of hydrogen-bond donors (Lipinski definition) is 2. The summed E-state index contributed by atoms with van der Waals surface area (Å²) in [6.45, 7) is 1.98. The molecule has 1 aromatic carbocycles. The lowest BCUT2D eigenvalue weighted by Gasteiger charge is -2.09. The van der Waals surface area contributed by atoms with Gasteiger partial charge in [0.2, 0.25) is 5.13 Å². The largest absolute Gasteiger partial charge is 0.573 e. The van der Waals surface area contributed by atoms with Crippen molar-refractivity contribution in [3.63, 3.8) is 0 Å². The number of esters is 1. The Morgan fingerprint density at radius 2 is 2.23 bits per heavy atom. The minimum absolute atomic E-state index is 0.0163. The van der Waals surface area contributed by atoms with E-state index in [9.17, 15) is 23.1 Å². The Kier molecular flexibility index (Phi) is 6.39. The molecule has 11 heteroatoms. The number of phenolic OH excluding ortho intramolecular Hbond substituents is 1. The van der Waals surface area contributed by atoms with Crippen molar-refractivity contribution in [1.29, 1.82) is 0 Å². The second-order valence-corrected chi connectivity index (χ2v) is 5.62. The van der Waals surface area contributed by atoms with Crippen LogP contribution in [0.1, 0.15) is 18.2 Å². The average molecular weight is 389 g/mol. The zero-order valence-electron chi connectivity index (χ0n) is 13.4. The number of carbonyl (C=O) groups is 1. The zero-order chi connectivity index (χ0) is 19.2. The molecule has 0 atom stereocenters. The molecule has 0 aliphatic carbocycles. The predicted octanol–water partition coefficient (Wildman–Crippen LogP) is 3.30. The van der Waals surface area contributed by atoms with Crippen molar-refractivity contribution >= 4 is 28.7 Å². The second kappa shape index (κ2) is 8.52. The minimum Gasteiger partial charge on any atom is -0.507 e. The maximum atomic E-state index is 12.2. The van der Waals surface area contributed by atoms with Gasteiger partial charge >= 0.3 is 12.3 Å². The summed E-state index contributed by atoms with van der Waals surface area (Å²) in [6, 6.07) is 3.03. The molecular weight excluding hydrogens is 375 g/mol. The number of hydrazone groups is 1. The number of benzene rings is 1. The fraction of sp³-hybridized carbons (Fsp3) is 0.267. The Bertz CT molecular complexity index is 793. The highest BCUT2D eigenvalue weighted by Gasteiger charge is 2.31. The number of aromatic nitrogens is 1. The van der Waals surface area contributed by atoms with Gasteiger partial charge in [0.15, 0.2) is 0 Å². The Morgan fingerprint density at radius 1 is 1.46 bits per heavy atom. The van der Waals surface area contributed by atoms with Crippen LogP contribution >= 0.6 is 11.3 Å². The van der Waals surface area contributed by atoms with Gasteiger partial charge in [0, 0.05) is 10.9 Å². The molecular formula is C15H14F3N3O4S. The van der Waals surface area contributed by atoms with Gasteiger partial charge in [-0.1, -0.05) is 0 Å². The number of thiazole rings is 1. The summed E-state index contributed by atoms with van der Waals surface area (Å²) < 4.78 is 45.2. The quantitative estimate of drug-likeness (QED) is 0.429. The summed E-state index contributed by atoms with van der Waals surface area (Å²) in [7, 11) is 0. The molecule has 0 saturated heterocycles. The summed E-state index contributed by atoms with van der Waals surface area (Å²) in [5.41, 5.74) is 3.08. The van der Waals surface area contributed by atoms with Crippen LogP contribution in [0.25, 0.3) is 0 Å². The van der Waals surface area contributed by atoms with E-state index in [2.05, 4.69) is 20.2 Å². The van der Waals surface area contributed by atoms with Crippen LogP contribution in [0.15, 0.2) is 28.7 Å². The van der Waals surface area contributed by atoms with Gasteiger partial charge in [0.1, 0.15) is 11.5 Å². The Morgan fingerprint density at radius 3 is 2.92 bits per heavy atom. The van der Waals surface area contributed by atoms with E-state index in [1.54, 1.807) is 12.3 Å². The van der Waals surface area contributed by atoms with E-state index >= 15 is 0 Å². The van der Waals surface area contributed by atoms with Crippen molar-refractivity contribution in [1.82, 2.24) is 4.98 Å². The molecule has 2 aromatic rings. The summed E-state index contributed by atoms with van der Waals surface area (Å²) in [4.78, 5) is 15.5. The molecule has 140 valence electrons. The average Bonchev–Trinajstić information content (AvgIpc) is 2.96. The first-order valence-corrected chi connectivity index (χ1v) is 8.12. The van der Waals surface area contributed by atoms with Crippen molar-refractivity contribution in [2.75, 3.05) is 12.0 Å². The normalized spacial score (nSPS) is 11.5. The number of halogens is 3. The van der Waals surface area contributed by atoms with Crippen LogP contribution in [0.2, 0.25) is 0 Å². The van der Waals surface area contributed by atoms with E-state index in [1.165, 1.54) is 11.3 Å². The summed E-state index contributed by atoms with van der Waals surface area (Å²) in [5, 5.41) is 15.5. The van der Waals surface area contributed by atoms with Gasteiger partial charge in [-0.2, -0.15) is 5.10 Å². The number of nitrogens with zero attached hydrogens (tertiary/aromatic N) is 2. The summed E-state index contributed by atoms with van der Waals surface area (Å²) >= 11 is 1.18. The number of nitrogens with one attached hydrogen (secondary N) is 1. The topological polar surface area (TPSA) is 93.0 Å². The molecule has 7 nitrogen and oxygen atoms in total. The molecule has 0 unspecified atom stereocenters. The van der Waals surface area contributed by atoms with Crippen LogP contribution in [-0.2, 0) is 16.0 Å². The third-order valence-corrected chi connectivity index (χ3v) is 3.57. The molecule has 0 saturated carbocycles. The molecule has 0 fully saturated rings. The number of hydrogen-bond acceptors (Lipinski definition) is 8. The maximum absolute atomic E-state index is 12.2. The van der Waals surface area contributed by atoms with Crippen molar-refractivity contribution in [2.45, 2.75) is 19.7 Å². The lowest BCUT2D eigenvalue weighted by molar-refractivity contribution is -0.274. The van der Waals surface area contributed by atoms with Gasteiger partial charge in [-0.05, 0) is 25.1 Å². The van der Waals surface area contributed by atoms with E-state index in [-0.39, 0.29) is 24.3 Å². The molecule has 1 aromatic heterocycles. The number of ether oxygens (including phenoxy) is 2. The van der Waals surface area contributed by atoms with Crippen LogP contribution in [0, 0.1) is 0 Å². The third-order valence-electron chi connectivity index (χ3n) is 2.78. The first-order valence-electron chi connectivity index (χ1n) is 7.24. The van der Waals surface area contributed by atoms with Crippen LogP contribution in [-0.4, -0.2) is 35.2 Å². The summed E-state index contributed by atoms with van der Waals surface area (Å²) in [5.74, 6) is -1.16. The molecule has 0 aliphatic heterocycles. The zero-order valence-corrected chi connectivity index (χ0v) is 14.2. The fourth-order valence-electron chi connectivity index (χ4n) is 1.79. The highest BCUT2D eigenvalue weighted by Crippen LogP contribution is 2.27. The van der Waals surface area contributed by atoms with E-state index in [4.69, 9.17) is 4.74 Å². The first-order chi connectivity index (χ1) is 12.3. The van der Waals surface area contributed by atoms with E-state index in [0.29, 0.717) is 10.8 Å². The predicted molar refractivity (Wildman–Crippen MR) is 88.5 cm³/mol. The van der Waals surface area contributed by atoms with E-state index in [0.717, 1.165) is 24.4 Å². The van der Waals surface area contributed by atoms with Gasteiger partial charge in [-0.25, -0.2) is 4.98 Å². The highest BCUT2D eigenvalue weighted by atomic mass is 32.1. The van der Waals surface area contributed by atoms with Gasteiger partial charge in [-0.15, -0.1) is 24.5 Å². The SMILES string of the molecule is CCOC(=O)Cc1csc(NN=Cc2cc(OC(F)(F)F)ccc2O)n1. The van der Waals surface area contributed by atoms with E-state index < -0.39 is 18.1 Å².